The highest BCUT2D eigenvalue weighted by Crippen LogP contribution is 2.28. The van der Waals surface area contributed by atoms with Crippen LogP contribution in [-0.4, -0.2) is 15.2 Å². The van der Waals surface area contributed by atoms with E-state index in [-0.39, 0.29) is 0 Å². The Morgan fingerprint density at radius 1 is 1.05 bits per heavy atom. The number of aryl methyl sites for hydroxylation is 2. The average Bonchev–Trinajstić information content (AvgIpc) is 2.93. The summed E-state index contributed by atoms with van der Waals surface area (Å²) < 4.78 is 0. The van der Waals surface area contributed by atoms with E-state index in [0.29, 0.717) is 11.6 Å². The fourth-order valence-corrected chi connectivity index (χ4v) is 2.27. The molecule has 0 unspecified atom stereocenters. The molecule has 0 atom stereocenters. The van der Waals surface area contributed by atoms with Crippen LogP contribution in [0.5, 0.6) is 0 Å². The van der Waals surface area contributed by atoms with E-state index in [0.717, 1.165) is 27.9 Å². The fourth-order valence-electron chi connectivity index (χ4n) is 2.27. The monoisotopic (exact) mass is 264 g/mol. The molecule has 0 amide bonds. The predicted molar refractivity (Wildman–Crippen MR) is 81.1 cm³/mol. The van der Waals surface area contributed by atoms with Crippen LogP contribution in [-0.2, 0) is 0 Å². The molecule has 3 N–H and O–H groups in total. The van der Waals surface area contributed by atoms with Crippen molar-refractivity contribution in [1.29, 1.82) is 0 Å². The van der Waals surface area contributed by atoms with E-state index in [1.807, 2.05) is 50.2 Å². The van der Waals surface area contributed by atoms with Crippen LogP contribution in [0.15, 0.2) is 42.5 Å². The molecule has 0 aliphatic heterocycles. The molecule has 4 heteroatoms. The lowest BCUT2D eigenvalue weighted by molar-refractivity contribution is 1.10. The summed E-state index contributed by atoms with van der Waals surface area (Å²) in [7, 11) is 0. The Morgan fingerprint density at radius 2 is 1.80 bits per heavy atom. The van der Waals surface area contributed by atoms with Gasteiger partial charge in [-0.1, -0.05) is 36.4 Å². The summed E-state index contributed by atoms with van der Waals surface area (Å²) >= 11 is 0. The molecule has 0 fully saturated rings. The highest BCUT2D eigenvalue weighted by atomic mass is 15.2. The Morgan fingerprint density at radius 3 is 2.55 bits per heavy atom. The molecule has 0 saturated heterocycles. The first-order valence-corrected chi connectivity index (χ1v) is 6.50. The fraction of sp³-hybridized carbons (Fsp3) is 0.125. The standard InChI is InChI=1S/C16H16N4/c1-10-8-11(2)14(17)13(9-10)16-18-15(19-20-16)12-6-4-3-5-7-12/h3-9H,17H2,1-2H3,(H,18,19,20). The number of benzene rings is 2. The molecule has 0 radical (unpaired) electrons. The molecular weight excluding hydrogens is 248 g/mol. The summed E-state index contributed by atoms with van der Waals surface area (Å²) in [5.74, 6) is 1.38. The van der Waals surface area contributed by atoms with Crippen molar-refractivity contribution < 1.29 is 0 Å². The lowest BCUT2D eigenvalue weighted by Gasteiger charge is -2.07. The van der Waals surface area contributed by atoms with Gasteiger partial charge >= 0.3 is 0 Å². The number of aromatic nitrogens is 3. The van der Waals surface area contributed by atoms with Gasteiger partial charge in [-0.05, 0) is 31.0 Å². The van der Waals surface area contributed by atoms with Gasteiger partial charge in [0.2, 0.25) is 0 Å². The van der Waals surface area contributed by atoms with Crippen molar-refractivity contribution in [2.75, 3.05) is 5.73 Å². The van der Waals surface area contributed by atoms with Crippen molar-refractivity contribution in [3.05, 3.63) is 53.6 Å². The van der Waals surface area contributed by atoms with Gasteiger partial charge in [0, 0.05) is 16.8 Å². The van der Waals surface area contributed by atoms with E-state index in [2.05, 4.69) is 21.2 Å². The van der Waals surface area contributed by atoms with Gasteiger partial charge in [-0.15, -0.1) is 0 Å². The molecule has 3 aromatic rings. The van der Waals surface area contributed by atoms with Crippen molar-refractivity contribution in [3.8, 4) is 22.8 Å². The van der Waals surface area contributed by atoms with E-state index < -0.39 is 0 Å². The van der Waals surface area contributed by atoms with E-state index in [4.69, 9.17) is 5.73 Å². The zero-order valence-corrected chi connectivity index (χ0v) is 11.5. The van der Waals surface area contributed by atoms with E-state index in [1.54, 1.807) is 0 Å². The number of aromatic amines is 1. The van der Waals surface area contributed by atoms with Crippen LogP contribution in [0, 0.1) is 13.8 Å². The summed E-state index contributed by atoms with van der Waals surface area (Å²) in [6.45, 7) is 4.05. The molecular formula is C16H16N4. The molecule has 20 heavy (non-hydrogen) atoms. The number of nitrogens with one attached hydrogen (secondary N) is 1. The average molecular weight is 264 g/mol. The van der Waals surface area contributed by atoms with Gasteiger partial charge in [-0.25, -0.2) is 4.98 Å². The van der Waals surface area contributed by atoms with Crippen molar-refractivity contribution in [2.45, 2.75) is 13.8 Å². The molecule has 0 aliphatic rings. The Balaban J connectivity index is 2.07. The van der Waals surface area contributed by atoms with Gasteiger partial charge < -0.3 is 5.73 Å². The van der Waals surface area contributed by atoms with Crippen LogP contribution >= 0.6 is 0 Å². The minimum atomic E-state index is 0.680. The number of rotatable bonds is 2. The second-order valence-corrected chi connectivity index (χ2v) is 4.92. The number of H-pyrrole nitrogens is 1. The molecule has 3 rings (SSSR count). The summed E-state index contributed by atoms with van der Waals surface area (Å²) in [6, 6.07) is 14.0. The second-order valence-electron chi connectivity index (χ2n) is 4.92. The van der Waals surface area contributed by atoms with Crippen molar-refractivity contribution >= 4 is 5.69 Å². The first kappa shape index (κ1) is 12.4. The van der Waals surface area contributed by atoms with E-state index in [9.17, 15) is 0 Å². The maximum Gasteiger partial charge on any atom is 0.181 e. The zero-order valence-electron chi connectivity index (χ0n) is 11.5. The quantitative estimate of drug-likeness (QED) is 0.697. The summed E-state index contributed by atoms with van der Waals surface area (Å²) in [5.41, 5.74) is 11.0. The van der Waals surface area contributed by atoms with Gasteiger partial charge in [-0.3, -0.25) is 5.10 Å². The number of nitrogens with zero attached hydrogens (tertiary/aromatic N) is 2. The van der Waals surface area contributed by atoms with Gasteiger partial charge in [0.15, 0.2) is 11.6 Å². The SMILES string of the molecule is Cc1cc(C)c(N)c(-c2nc(-c3ccccc3)n[nH]2)c1. The van der Waals surface area contributed by atoms with Crippen molar-refractivity contribution in [1.82, 2.24) is 15.2 Å². The van der Waals surface area contributed by atoms with E-state index in [1.165, 1.54) is 0 Å². The molecule has 1 aromatic heterocycles. The van der Waals surface area contributed by atoms with Crippen LogP contribution in [0.4, 0.5) is 5.69 Å². The normalized spacial score (nSPS) is 10.7. The number of hydrogen-bond donors (Lipinski definition) is 2. The second kappa shape index (κ2) is 4.81. The molecule has 100 valence electrons. The third-order valence-corrected chi connectivity index (χ3v) is 3.30. The van der Waals surface area contributed by atoms with Crippen LogP contribution in [0.25, 0.3) is 22.8 Å². The van der Waals surface area contributed by atoms with Crippen molar-refractivity contribution in [2.24, 2.45) is 0 Å². The lowest BCUT2D eigenvalue weighted by Crippen LogP contribution is -1.96. The smallest absolute Gasteiger partial charge is 0.181 e. The highest BCUT2D eigenvalue weighted by Gasteiger charge is 2.11. The third-order valence-electron chi connectivity index (χ3n) is 3.30. The highest BCUT2D eigenvalue weighted by molar-refractivity contribution is 5.75. The Bertz CT molecular complexity index is 744. The van der Waals surface area contributed by atoms with E-state index >= 15 is 0 Å². The Hall–Kier alpha value is -2.62. The third kappa shape index (κ3) is 2.16. The number of anilines is 1. The van der Waals surface area contributed by atoms with Crippen LogP contribution in [0.2, 0.25) is 0 Å². The minimum absolute atomic E-state index is 0.680. The number of nitrogens with two attached hydrogens (primary N) is 1. The molecule has 0 spiro atoms. The Kier molecular flexibility index (Phi) is 2.99. The van der Waals surface area contributed by atoms with Crippen LogP contribution in [0.3, 0.4) is 0 Å². The maximum atomic E-state index is 6.14. The maximum absolute atomic E-state index is 6.14. The zero-order chi connectivity index (χ0) is 14.1. The largest absolute Gasteiger partial charge is 0.398 e. The summed E-state index contributed by atoms with van der Waals surface area (Å²) in [5, 5.41) is 7.25. The summed E-state index contributed by atoms with van der Waals surface area (Å²) in [4.78, 5) is 4.55. The number of hydrogen-bond acceptors (Lipinski definition) is 3. The molecule has 2 aromatic carbocycles. The minimum Gasteiger partial charge on any atom is -0.398 e. The molecule has 0 bridgehead atoms. The summed E-state index contributed by atoms with van der Waals surface area (Å²) in [6.07, 6.45) is 0. The molecule has 4 nitrogen and oxygen atoms in total. The first-order valence-electron chi connectivity index (χ1n) is 6.50. The van der Waals surface area contributed by atoms with Crippen LogP contribution < -0.4 is 5.73 Å². The Labute approximate surface area is 117 Å². The molecule has 0 aliphatic carbocycles. The lowest BCUT2D eigenvalue weighted by atomic mass is 10.0. The number of nitrogen functional groups attached to an aromatic ring is 1. The molecule has 1 heterocycles. The van der Waals surface area contributed by atoms with Gasteiger partial charge in [0.25, 0.3) is 0 Å². The topological polar surface area (TPSA) is 67.6 Å². The van der Waals surface area contributed by atoms with Crippen molar-refractivity contribution in [3.63, 3.8) is 0 Å². The van der Waals surface area contributed by atoms with Crippen LogP contribution in [0.1, 0.15) is 11.1 Å². The predicted octanol–water partition coefficient (Wildman–Crippen LogP) is 3.34. The van der Waals surface area contributed by atoms with Gasteiger partial charge in [0.1, 0.15) is 0 Å². The first-order chi connectivity index (χ1) is 9.65. The van der Waals surface area contributed by atoms with Gasteiger partial charge in [0.05, 0.1) is 0 Å². The van der Waals surface area contributed by atoms with Gasteiger partial charge in [-0.2, -0.15) is 5.10 Å². The molecule has 0 saturated carbocycles.